The Hall–Kier alpha value is -2.45. The van der Waals surface area contributed by atoms with Crippen LogP contribution in [0.4, 0.5) is 5.82 Å². The van der Waals surface area contributed by atoms with Gasteiger partial charge in [0.25, 0.3) is 0 Å². The summed E-state index contributed by atoms with van der Waals surface area (Å²) in [7, 11) is -3.51. The molecule has 1 aromatic carbocycles. The van der Waals surface area contributed by atoms with Gasteiger partial charge in [-0.3, -0.25) is 4.40 Å². The van der Waals surface area contributed by atoms with Crippen LogP contribution >= 0.6 is 0 Å². The molecule has 0 amide bonds. The van der Waals surface area contributed by atoms with Crippen molar-refractivity contribution in [2.45, 2.75) is 30.7 Å². The zero-order valence-corrected chi connectivity index (χ0v) is 13.9. The van der Waals surface area contributed by atoms with Gasteiger partial charge in [0.15, 0.2) is 11.5 Å². The summed E-state index contributed by atoms with van der Waals surface area (Å²) < 4.78 is 29.5. The van der Waals surface area contributed by atoms with Crippen LogP contribution in [0.1, 0.15) is 18.4 Å². The van der Waals surface area contributed by atoms with E-state index in [1.807, 2.05) is 11.3 Å². The van der Waals surface area contributed by atoms with Crippen molar-refractivity contribution < 1.29 is 8.42 Å². The summed E-state index contributed by atoms with van der Waals surface area (Å²) >= 11 is 0. The number of fused-ring (bicyclic) bond motifs is 1. The third kappa shape index (κ3) is 2.53. The molecule has 3 N–H and O–H groups in total. The average Bonchev–Trinajstić information content (AvgIpc) is 3.23. The standard InChI is InChI=1S/C16H17N5O2S/c1-10-2-5-12(24(22,23)20-11-3-4-11)8-13(10)14-9-19-16-15(17)18-6-7-21(14)16/h2,5-9,11,20H,3-4H2,1H3,(H2,17,18). The lowest BCUT2D eigenvalue weighted by atomic mass is 10.1. The second-order valence-electron chi connectivity index (χ2n) is 6.02. The maximum atomic E-state index is 12.5. The number of nitrogens with one attached hydrogen (secondary N) is 1. The molecule has 8 heteroatoms. The second-order valence-corrected chi connectivity index (χ2v) is 7.74. The molecule has 0 unspecified atom stereocenters. The first-order valence-corrected chi connectivity index (χ1v) is 9.15. The van der Waals surface area contributed by atoms with Crippen molar-refractivity contribution in [1.82, 2.24) is 19.1 Å². The minimum Gasteiger partial charge on any atom is -0.381 e. The Morgan fingerprint density at radius 3 is 2.83 bits per heavy atom. The zero-order valence-electron chi connectivity index (χ0n) is 13.1. The molecule has 1 saturated carbocycles. The Labute approximate surface area is 139 Å². The molecule has 0 saturated heterocycles. The van der Waals surface area contributed by atoms with E-state index in [1.165, 1.54) is 0 Å². The largest absolute Gasteiger partial charge is 0.381 e. The van der Waals surface area contributed by atoms with Crippen molar-refractivity contribution in [2.75, 3.05) is 5.73 Å². The minimum absolute atomic E-state index is 0.0708. The molecule has 0 bridgehead atoms. The van der Waals surface area contributed by atoms with Crippen LogP contribution in [0.15, 0.2) is 41.7 Å². The monoisotopic (exact) mass is 343 g/mol. The van der Waals surface area contributed by atoms with Crippen LogP contribution in [-0.4, -0.2) is 28.8 Å². The predicted octanol–water partition coefficient (Wildman–Crippen LogP) is 1.73. The predicted molar refractivity (Wildman–Crippen MR) is 90.9 cm³/mol. The molecule has 1 aliphatic rings. The van der Waals surface area contributed by atoms with Crippen LogP contribution in [0, 0.1) is 6.92 Å². The molecule has 2 heterocycles. The van der Waals surface area contributed by atoms with Gasteiger partial charge in [-0.2, -0.15) is 0 Å². The van der Waals surface area contributed by atoms with Gasteiger partial charge in [0.1, 0.15) is 0 Å². The number of nitrogen functional groups attached to an aromatic ring is 1. The van der Waals surface area contributed by atoms with Gasteiger partial charge >= 0.3 is 0 Å². The van der Waals surface area contributed by atoms with Crippen LogP contribution in [0.5, 0.6) is 0 Å². The molecular formula is C16H17N5O2S. The summed E-state index contributed by atoms with van der Waals surface area (Å²) in [5, 5.41) is 0. The molecule has 7 nitrogen and oxygen atoms in total. The summed E-state index contributed by atoms with van der Waals surface area (Å²) in [5.41, 5.74) is 8.93. The Kier molecular flexibility index (Phi) is 3.33. The number of hydrogen-bond donors (Lipinski definition) is 2. The number of sulfonamides is 1. The molecule has 24 heavy (non-hydrogen) atoms. The first-order chi connectivity index (χ1) is 11.5. The van der Waals surface area contributed by atoms with Gasteiger partial charge in [-0.15, -0.1) is 0 Å². The maximum absolute atomic E-state index is 12.5. The van der Waals surface area contributed by atoms with E-state index in [0.717, 1.165) is 29.7 Å². The fraction of sp³-hybridized carbons (Fsp3) is 0.250. The van der Waals surface area contributed by atoms with Gasteiger partial charge in [0.05, 0.1) is 16.8 Å². The van der Waals surface area contributed by atoms with Crippen LogP contribution in [0.3, 0.4) is 0 Å². The highest BCUT2D eigenvalue weighted by Gasteiger charge is 2.28. The van der Waals surface area contributed by atoms with Crippen molar-refractivity contribution in [3.05, 3.63) is 42.4 Å². The molecule has 0 atom stereocenters. The van der Waals surface area contributed by atoms with Crippen molar-refractivity contribution >= 4 is 21.5 Å². The van der Waals surface area contributed by atoms with E-state index in [2.05, 4.69) is 14.7 Å². The van der Waals surface area contributed by atoms with Crippen molar-refractivity contribution in [3.8, 4) is 11.3 Å². The number of aromatic nitrogens is 3. The van der Waals surface area contributed by atoms with Gasteiger partial charge in [-0.05, 0) is 37.5 Å². The lowest BCUT2D eigenvalue weighted by molar-refractivity contribution is 0.581. The topological polar surface area (TPSA) is 102 Å². The fourth-order valence-corrected chi connectivity index (χ4v) is 4.00. The molecular weight excluding hydrogens is 326 g/mol. The van der Waals surface area contributed by atoms with Gasteiger partial charge in [-0.1, -0.05) is 6.07 Å². The molecule has 0 spiro atoms. The molecule has 3 aromatic rings. The van der Waals surface area contributed by atoms with Crippen LogP contribution < -0.4 is 10.5 Å². The van der Waals surface area contributed by atoms with Crippen LogP contribution in [0.2, 0.25) is 0 Å². The molecule has 2 aromatic heterocycles. The van der Waals surface area contributed by atoms with Gasteiger partial charge < -0.3 is 5.73 Å². The Morgan fingerprint density at radius 2 is 2.08 bits per heavy atom. The highest BCUT2D eigenvalue weighted by atomic mass is 32.2. The quantitative estimate of drug-likeness (QED) is 0.751. The smallest absolute Gasteiger partial charge is 0.240 e. The minimum atomic E-state index is -3.51. The SMILES string of the molecule is Cc1ccc(S(=O)(=O)NC2CC2)cc1-c1cnc2c(N)nccn12. The lowest BCUT2D eigenvalue weighted by Gasteiger charge is -2.10. The summed E-state index contributed by atoms with van der Waals surface area (Å²) in [6, 6.07) is 5.19. The zero-order chi connectivity index (χ0) is 16.9. The van der Waals surface area contributed by atoms with Crippen molar-refractivity contribution in [1.29, 1.82) is 0 Å². The third-order valence-corrected chi connectivity index (χ3v) is 5.67. The number of aryl methyl sites for hydroxylation is 1. The van der Waals surface area contributed by atoms with Gasteiger partial charge in [0.2, 0.25) is 10.0 Å². The van der Waals surface area contributed by atoms with E-state index < -0.39 is 10.0 Å². The van der Waals surface area contributed by atoms with E-state index in [1.54, 1.807) is 36.8 Å². The summed E-state index contributed by atoms with van der Waals surface area (Å²) in [5.74, 6) is 0.334. The summed E-state index contributed by atoms with van der Waals surface area (Å²) in [4.78, 5) is 8.57. The third-order valence-electron chi connectivity index (χ3n) is 4.15. The second kappa shape index (κ2) is 5.29. The van der Waals surface area contributed by atoms with Crippen LogP contribution in [-0.2, 0) is 10.0 Å². The number of nitrogens with zero attached hydrogens (tertiary/aromatic N) is 3. The Bertz CT molecular complexity index is 1040. The molecule has 0 aliphatic heterocycles. The fourth-order valence-electron chi connectivity index (χ4n) is 2.67. The van der Waals surface area contributed by atoms with Gasteiger partial charge in [0, 0.05) is 24.0 Å². The first kappa shape index (κ1) is 15.1. The number of imidazole rings is 1. The number of anilines is 1. The first-order valence-electron chi connectivity index (χ1n) is 7.66. The molecule has 4 rings (SSSR count). The highest BCUT2D eigenvalue weighted by molar-refractivity contribution is 7.89. The summed E-state index contributed by atoms with van der Waals surface area (Å²) in [6.45, 7) is 1.93. The normalized spacial score (nSPS) is 15.0. The summed E-state index contributed by atoms with van der Waals surface area (Å²) in [6.07, 6.45) is 6.84. The van der Waals surface area contributed by atoms with Crippen LogP contribution in [0.25, 0.3) is 16.9 Å². The van der Waals surface area contributed by atoms with E-state index in [4.69, 9.17) is 5.73 Å². The molecule has 0 radical (unpaired) electrons. The maximum Gasteiger partial charge on any atom is 0.240 e. The Balaban J connectivity index is 1.85. The van der Waals surface area contributed by atoms with E-state index in [9.17, 15) is 8.42 Å². The van der Waals surface area contributed by atoms with Crippen molar-refractivity contribution in [2.24, 2.45) is 0 Å². The number of benzene rings is 1. The lowest BCUT2D eigenvalue weighted by Crippen LogP contribution is -2.25. The number of rotatable bonds is 4. The molecule has 1 fully saturated rings. The van der Waals surface area contributed by atoms with E-state index in [0.29, 0.717) is 11.5 Å². The van der Waals surface area contributed by atoms with Crippen molar-refractivity contribution in [3.63, 3.8) is 0 Å². The molecule has 124 valence electrons. The van der Waals surface area contributed by atoms with E-state index >= 15 is 0 Å². The van der Waals surface area contributed by atoms with Gasteiger partial charge in [-0.25, -0.2) is 23.1 Å². The number of hydrogen-bond acceptors (Lipinski definition) is 5. The molecule has 1 aliphatic carbocycles. The highest BCUT2D eigenvalue weighted by Crippen LogP contribution is 2.29. The van der Waals surface area contributed by atoms with E-state index in [-0.39, 0.29) is 10.9 Å². The Morgan fingerprint density at radius 1 is 1.29 bits per heavy atom. The average molecular weight is 343 g/mol. The number of nitrogens with two attached hydrogens (primary N) is 1.